The fourth-order valence-corrected chi connectivity index (χ4v) is 1.65. The second-order valence-corrected chi connectivity index (χ2v) is 4.23. The Bertz CT molecular complexity index is 652. The first-order valence-electron chi connectivity index (χ1n) is 5.87. The number of nitrogens with zero attached hydrogens (tertiary/aromatic N) is 2. The van der Waals surface area contributed by atoms with Crippen LogP contribution in [-0.2, 0) is 11.2 Å². The maximum absolute atomic E-state index is 11.8. The summed E-state index contributed by atoms with van der Waals surface area (Å²) in [6, 6.07) is 4.79. The molecule has 9 nitrogen and oxygen atoms in total. The molecule has 5 N–H and O–H groups in total. The number of aromatic nitrogens is 2. The average Bonchev–Trinajstić information content (AvgIpc) is 2.86. The van der Waals surface area contributed by atoms with Crippen molar-refractivity contribution in [1.82, 2.24) is 15.6 Å². The fraction of sp³-hybridized carbons (Fsp3) is 0.167. The summed E-state index contributed by atoms with van der Waals surface area (Å²) in [7, 11) is 0. The van der Waals surface area contributed by atoms with Crippen molar-refractivity contribution in [3.63, 3.8) is 0 Å². The molecule has 0 fully saturated rings. The van der Waals surface area contributed by atoms with Gasteiger partial charge in [0.05, 0.1) is 0 Å². The number of nitrogens with one attached hydrogen (secondary N) is 1. The van der Waals surface area contributed by atoms with E-state index in [1.54, 1.807) is 12.1 Å². The van der Waals surface area contributed by atoms with Gasteiger partial charge in [0.1, 0.15) is 11.8 Å². The van der Waals surface area contributed by atoms with Crippen molar-refractivity contribution in [2.45, 2.75) is 12.5 Å². The van der Waals surface area contributed by atoms with Gasteiger partial charge in [-0.3, -0.25) is 4.79 Å². The van der Waals surface area contributed by atoms with Crippen molar-refractivity contribution in [1.29, 1.82) is 0 Å². The minimum Gasteiger partial charge on any atom is -0.508 e. The molecule has 0 saturated heterocycles. The molecular formula is C12H12N4O5. The first-order valence-corrected chi connectivity index (χ1v) is 5.87. The van der Waals surface area contributed by atoms with Crippen molar-refractivity contribution < 1.29 is 24.4 Å². The number of aliphatic carboxylic acids is 1. The van der Waals surface area contributed by atoms with E-state index < -0.39 is 17.9 Å². The van der Waals surface area contributed by atoms with Gasteiger partial charge in [-0.05, 0) is 28.0 Å². The van der Waals surface area contributed by atoms with E-state index in [2.05, 4.69) is 20.3 Å². The second-order valence-electron chi connectivity index (χ2n) is 4.23. The molecule has 1 heterocycles. The number of nitrogens with two attached hydrogens (primary N) is 1. The summed E-state index contributed by atoms with van der Waals surface area (Å²) in [6.07, 6.45) is 0.0343. The number of carbonyl (C=O) groups excluding carboxylic acids is 1. The zero-order valence-electron chi connectivity index (χ0n) is 10.7. The van der Waals surface area contributed by atoms with Gasteiger partial charge >= 0.3 is 5.97 Å². The van der Waals surface area contributed by atoms with E-state index in [1.165, 1.54) is 12.1 Å². The molecule has 0 bridgehead atoms. The number of carbonyl (C=O) groups is 2. The summed E-state index contributed by atoms with van der Waals surface area (Å²) < 4.78 is 4.28. The molecular weight excluding hydrogens is 280 g/mol. The van der Waals surface area contributed by atoms with Gasteiger partial charge in [-0.2, -0.15) is 0 Å². The summed E-state index contributed by atoms with van der Waals surface area (Å²) in [5.41, 5.74) is 5.72. The third kappa shape index (κ3) is 3.47. The third-order valence-corrected chi connectivity index (χ3v) is 2.71. The van der Waals surface area contributed by atoms with Crippen LogP contribution in [0.1, 0.15) is 16.1 Å². The van der Waals surface area contributed by atoms with Crippen LogP contribution in [0.5, 0.6) is 5.75 Å². The number of benzene rings is 1. The summed E-state index contributed by atoms with van der Waals surface area (Å²) in [5, 5.41) is 27.1. The van der Waals surface area contributed by atoms with Crippen molar-refractivity contribution in [3.8, 4) is 5.75 Å². The number of carboxylic acids is 1. The summed E-state index contributed by atoms with van der Waals surface area (Å²) in [6.45, 7) is 0. The number of hydrogen-bond acceptors (Lipinski definition) is 7. The van der Waals surface area contributed by atoms with Gasteiger partial charge in [0.25, 0.3) is 5.91 Å². The van der Waals surface area contributed by atoms with Crippen LogP contribution in [-0.4, -0.2) is 38.4 Å². The highest BCUT2D eigenvalue weighted by Gasteiger charge is 2.24. The predicted molar refractivity (Wildman–Crippen MR) is 69.4 cm³/mol. The molecule has 9 heteroatoms. The number of phenolic OH excluding ortho intramolecular Hbond substituents is 1. The Balaban J connectivity index is 2.09. The van der Waals surface area contributed by atoms with Crippen LogP contribution in [0.4, 0.5) is 5.82 Å². The van der Waals surface area contributed by atoms with Crippen LogP contribution in [0.3, 0.4) is 0 Å². The number of anilines is 1. The Morgan fingerprint density at radius 1 is 1.29 bits per heavy atom. The predicted octanol–water partition coefficient (Wildman–Crippen LogP) is -0.217. The molecule has 1 aromatic heterocycles. The monoisotopic (exact) mass is 292 g/mol. The molecule has 2 rings (SSSR count). The first kappa shape index (κ1) is 14.3. The number of amides is 1. The van der Waals surface area contributed by atoms with E-state index in [4.69, 9.17) is 10.8 Å². The zero-order valence-corrected chi connectivity index (χ0v) is 10.7. The highest BCUT2D eigenvalue weighted by molar-refractivity contribution is 5.98. The second kappa shape index (κ2) is 5.90. The number of phenols is 1. The number of nitrogen functional groups attached to an aromatic ring is 1. The van der Waals surface area contributed by atoms with Gasteiger partial charge in [-0.25, -0.2) is 9.42 Å². The quantitative estimate of drug-likeness (QED) is 0.590. The standard InChI is InChI=1S/C12H12N4O5/c13-10-9(15-21-16-10)11(18)14-8(12(19)20)5-6-1-3-7(17)4-2-6/h1-4,8,17H,5H2,(H2,13,16)(H,14,18)(H,19,20). The number of carboxylic acid groups (broad SMARTS) is 1. The van der Waals surface area contributed by atoms with E-state index in [1.807, 2.05) is 0 Å². The highest BCUT2D eigenvalue weighted by Crippen LogP contribution is 2.12. The molecule has 0 aliphatic carbocycles. The molecule has 0 aliphatic heterocycles. The van der Waals surface area contributed by atoms with E-state index in [-0.39, 0.29) is 23.7 Å². The Morgan fingerprint density at radius 3 is 2.48 bits per heavy atom. The molecule has 1 unspecified atom stereocenters. The van der Waals surface area contributed by atoms with Gasteiger partial charge in [-0.15, -0.1) is 0 Å². The molecule has 1 atom stereocenters. The number of rotatable bonds is 5. The lowest BCUT2D eigenvalue weighted by Gasteiger charge is -2.13. The minimum atomic E-state index is -1.22. The fourth-order valence-electron chi connectivity index (χ4n) is 1.65. The van der Waals surface area contributed by atoms with E-state index in [9.17, 15) is 14.7 Å². The van der Waals surface area contributed by atoms with Crippen LogP contribution in [0, 0.1) is 0 Å². The van der Waals surface area contributed by atoms with Gasteiger partial charge in [0.15, 0.2) is 0 Å². The Hall–Kier alpha value is -3.10. The van der Waals surface area contributed by atoms with Gasteiger partial charge in [0, 0.05) is 6.42 Å². The summed E-state index contributed by atoms with van der Waals surface area (Å²) in [5.74, 6) is -2.16. The van der Waals surface area contributed by atoms with Gasteiger partial charge in [0.2, 0.25) is 11.5 Å². The van der Waals surface area contributed by atoms with E-state index in [0.29, 0.717) is 5.56 Å². The Kier molecular flexibility index (Phi) is 4.02. The zero-order chi connectivity index (χ0) is 15.4. The lowest BCUT2D eigenvalue weighted by atomic mass is 10.1. The lowest BCUT2D eigenvalue weighted by molar-refractivity contribution is -0.139. The van der Waals surface area contributed by atoms with Crippen molar-refractivity contribution in [2.24, 2.45) is 0 Å². The topological polar surface area (TPSA) is 152 Å². The molecule has 0 aliphatic rings. The average molecular weight is 292 g/mol. The third-order valence-electron chi connectivity index (χ3n) is 2.71. The molecule has 2 aromatic rings. The van der Waals surface area contributed by atoms with Gasteiger partial charge in [-0.1, -0.05) is 12.1 Å². The van der Waals surface area contributed by atoms with Crippen molar-refractivity contribution in [3.05, 3.63) is 35.5 Å². The lowest BCUT2D eigenvalue weighted by Crippen LogP contribution is -2.42. The molecule has 0 radical (unpaired) electrons. The van der Waals surface area contributed by atoms with Crippen molar-refractivity contribution in [2.75, 3.05) is 5.73 Å². The maximum Gasteiger partial charge on any atom is 0.326 e. The first-order chi connectivity index (χ1) is 9.97. The van der Waals surface area contributed by atoms with Crippen LogP contribution < -0.4 is 11.1 Å². The summed E-state index contributed by atoms with van der Waals surface area (Å²) >= 11 is 0. The Labute approximate surface area is 118 Å². The molecule has 110 valence electrons. The molecule has 0 saturated carbocycles. The van der Waals surface area contributed by atoms with E-state index >= 15 is 0 Å². The molecule has 1 amide bonds. The van der Waals surface area contributed by atoms with Crippen molar-refractivity contribution >= 4 is 17.7 Å². The minimum absolute atomic E-state index is 0.0343. The number of hydrogen-bond donors (Lipinski definition) is 4. The highest BCUT2D eigenvalue weighted by atomic mass is 16.6. The molecule has 1 aromatic carbocycles. The van der Waals surface area contributed by atoms with Crippen LogP contribution in [0.15, 0.2) is 28.9 Å². The summed E-state index contributed by atoms with van der Waals surface area (Å²) in [4.78, 5) is 23.0. The maximum atomic E-state index is 11.8. The molecule has 0 spiro atoms. The normalized spacial score (nSPS) is 11.8. The largest absolute Gasteiger partial charge is 0.508 e. The van der Waals surface area contributed by atoms with E-state index in [0.717, 1.165) is 0 Å². The molecule has 21 heavy (non-hydrogen) atoms. The Morgan fingerprint density at radius 2 is 1.95 bits per heavy atom. The van der Waals surface area contributed by atoms with Crippen LogP contribution in [0.2, 0.25) is 0 Å². The van der Waals surface area contributed by atoms with Crippen LogP contribution in [0.25, 0.3) is 0 Å². The SMILES string of the molecule is Nc1nonc1C(=O)NC(Cc1ccc(O)cc1)C(=O)O. The van der Waals surface area contributed by atoms with Crippen LogP contribution >= 0.6 is 0 Å². The number of aromatic hydroxyl groups is 1. The smallest absolute Gasteiger partial charge is 0.326 e. The van der Waals surface area contributed by atoms with Gasteiger partial charge < -0.3 is 21.3 Å².